The Labute approximate surface area is 86.5 Å². The number of hydrogen-bond donors (Lipinski definition) is 1. The minimum atomic E-state index is 0.768. The smallest absolute Gasteiger partial charge is 0.00702 e. The molecule has 2 rings (SSSR count). The first-order valence-corrected chi connectivity index (χ1v) is 5.72. The quantitative estimate of drug-likeness (QED) is 0.771. The van der Waals surface area contributed by atoms with Crippen LogP contribution in [0.3, 0.4) is 0 Å². The molecule has 14 heavy (non-hydrogen) atoms. The van der Waals surface area contributed by atoms with Crippen molar-refractivity contribution in [3.8, 4) is 0 Å². The zero-order valence-electron chi connectivity index (χ0n) is 8.71. The summed E-state index contributed by atoms with van der Waals surface area (Å²) < 4.78 is 0. The largest absolute Gasteiger partial charge is 0.314 e. The molecule has 76 valence electrons. The molecule has 0 spiro atoms. The molecule has 0 amide bonds. The highest BCUT2D eigenvalue weighted by Gasteiger charge is 2.11. The van der Waals surface area contributed by atoms with Crippen LogP contribution >= 0.6 is 0 Å². The minimum absolute atomic E-state index is 0.768. The fourth-order valence-electron chi connectivity index (χ4n) is 2.16. The molecule has 1 heterocycles. The molecule has 1 aromatic rings. The molecule has 0 aliphatic carbocycles. The fourth-order valence-corrected chi connectivity index (χ4v) is 2.16. The van der Waals surface area contributed by atoms with Crippen molar-refractivity contribution in [3.63, 3.8) is 0 Å². The van der Waals surface area contributed by atoms with Gasteiger partial charge in [-0.05, 0) is 37.8 Å². The van der Waals surface area contributed by atoms with E-state index in [1.165, 1.54) is 44.2 Å². The van der Waals surface area contributed by atoms with E-state index in [4.69, 9.17) is 0 Å². The van der Waals surface area contributed by atoms with Crippen LogP contribution in [-0.2, 0) is 6.42 Å². The van der Waals surface area contributed by atoms with Gasteiger partial charge in [0.25, 0.3) is 0 Å². The summed E-state index contributed by atoms with van der Waals surface area (Å²) >= 11 is 0. The van der Waals surface area contributed by atoms with E-state index in [1.54, 1.807) is 0 Å². The Bertz CT molecular complexity index is 249. The van der Waals surface area contributed by atoms with E-state index in [0.29, 0.717) is 0 Å². The van der Waals surface area contributed by atoms with Crippen molar-refractivity contribution in [1.29, 1.82) is 0 Å². The molecular formula is C13H19N. The maximum atomic E-state index is 3.59. The topological polar surface area (TPSA) is 12.0 Å². The van der Waals surface area contributed by atoms with Crippen LogP contribution in [0.5, 0.6) is 0 Å². The van der Waals surface area contributed by atoms with Crippen molar-refractivity contribution in [2.24, 2.45) is 0 Å². The van der Waals surface area contributed by atoms with Crippen molar-refractivity contribution < 1.29 is 0 Å². The van der Waals surface area contributed by atoms with E-state index in [9.17, 15) is 0 Å². The average Bonchev–Trinajstić information content (AvgIpc) is 2.29. The Balaban J connectivity index is 1.76. The van der Waals surface area contributed by atoms with Gasteiger partial charge in [-0.15, -0.1) is 0 Å². The standard InChI is InChI=1S/C13H19N/c1-2-6-12(7-3-1)9-10-13-8-4-5-11-14-13/h1-3,6-7,13-14H,4-5,8-11H2. The summed E-state index contributed by atoms with van der Waals surface area (Å²) in [6, 6.07) is 11.6. The second kappa shape index (κ2) is 5.16. The summed E-state index contributed by atoms with van der Waals surface area (Å²) in [5.74, 6) is 0. The molecule has 1 aliphatic rings. The van der Waals surface area contributed by atoms with Crippen molar-refractivity contribution in [2.45, 2.75) is 38.1 Å². The van der Waals surface area contributed by atoms with Crippen LogP contribution in [0.4, 0.5) is 0 Å². The number of rotatable bonds is 3. The molecule has 1 saturated heterocycles. The number of nitrogens with one attached hydrogen (secondary N) is 1. The van der Waals surface area contributed by atoms with E-state index in [1.807, 2.05) is 0 Å². The maximum absolute atomic E-state index is 3.59. The number of hydrogen-bond acceptors (Lipinski definition) is 1. The van der Waals surface area contributed by atoms with Crippen LogP contribution in [-0.4, -0.2) is 12.6 Å². The lowest BCUT2D eigenvalue weighted by Crippen LogP contribution is -2.34. The van der Waals surface area contributed by atoms with E-state index in [0.717, 1.165) is 6.04 Å². The Morgan fingerprint density at radius 3 is 2.71 bits per heavy atom. The van der Waals surface area contributed by atoms with Gasteiger partial charge in [0.1, 0.15) is 0 Å². The normalized spacial score (nSPS) is 22.1. The minimum Gasteiger partial charge on any atom is -0.314 e. The Hall–Kier alpha value is -0.820. The molecule has 1 unspecified atom stereocenters. The van der Waals surface area contributed by atoms with Crippen molar-refractivity contribution in [1.82, 2.24) is 5.32 Å². The summed E-state index contributed by atoms with van der Waals surface area (Å²) in [6.07, 6.45) is 6.66. The van der Waals surface area contributed by atoms with E-state index in [2.05, 4.69) is 35.6 Å². The van der Waals surface area contributed by atoms with Gasteiger partial charge >= 0.3 is 0 Å². The predicted molar refractivity (Wildman–Crippen MR) is 60.4 cm³/mol. The fraction of sp³-hybridized carbons (Fsp3) is 0.538. The Kier molecular flexibility index (Phi) is 3.58. The number of piperidine rings is 1. The Morgan fingerprint density at radius 2 is 2.00 bits per heavy atom. The van der Waals surface area contributed by atoms with Gasteiger partial charge < -0.3 is 5.32 Å². The van der Waals surface area contributed by atoms with Gasteiger partial charge in [0, 0.05) is 6.04 Å². The zero-order valence-corrected chi connectivity index (χ0v) is 8.71. The second-order valence-electron chi connectivity index (χ2n) is 4.17. The molecule has 1 atom stereocenters. The third-order valence-electron chi connectivity index (χ3n) is 3.04. The molecule has 0 bridgehead atoms. The van der Waals surface area contributed by atoms with Crippen LogP contribution in [0.1, 0.15) is 31.2 Å². The average molecular weight is 189 g/mol. The van der Waals surface area contributed by atoms with E-state index < -0.39 is 0 Å². The van der Waals surface area contributed by atoms with Crippen LogP contribution in [0.25, 0.3) is 0 Å². The zero-order chi connectivity index (χ0) is 9.64. The van der Waals surface area contributed by atoms with Crippen molar-refractivity contribution in [3.05, 3.63) is 35.9 Å². The number of aryl methyl sites for hydroxylation is 1. The molecule has 1 fully saturated rings. The summed E-state index contributed by atoms with van der Waals surface area (Å²) in [7, 11) is 0. The molecule has 0 radical (unpaired) electrons. The third kappa shape index (κ3) is 2.85. The third-order valence-corrected chi connectivity index (χ3v) is 3.04. The molecular weight excluding hydrogens is 170 g/mol. The van der Waals surface area contributed by atoms with Gasteiger partial charge in [-0.1, -0.05) is 36.8 Å². The van der Waals surface area contributed by atoms with E-state index in [-0.39, 0.29) is 0 Å². The molecule has 1 N–H and O–H groups in total. The van der Waals surface area contributed by atoms with Gasteiger partial charge in [0.2, 0.25) is 0 Å². The van der Waals surface area contributed by atoms with Gasteiger partial charge in [-0.25, -0.2) is 0 Å². The second-order valence-corrected chi connectivity index (χ2v) is 4.17. The Morgan fingerprint density at radius 1 is 1.14 bits per heavy atom. The lowest BCUT2D eigenvalue weighted by molar-refractivity contribution is 0.383. The van der Waals surface area contributed by atoms with Crippen molar-refractivity contribution >= 4 is 0 Å². The van der Waals surface area contributed by atoms with Crippen LogP contribution in [0.2, 0.25) is 0 Å². The van der Waals surface area contributed by atoms with Crippen LogP contribution in [0, 0.1) is 0 Å². The summed E-state index contributed by atoms with van der Waals surface area (Å²) in [4.78, 5) is 0. The SMILES string of the molecule is c1ccc(CCC2CCCCN2)cc1. The molecule has 1 aliphatic heterocycles. The van der Waals surface area contributed by atoms with Crippen LogP contribution < -0.4 is 5.32 Å². The van der Waals surface area contributed by atoms with Gasteiger partial charge in [0.15, 0.2) is 0 Å². The predicted octanol–water partition coefficient (Wildman–Crippen LogP) is 2.76. The summed E-state index contributed by atoms with van der Waals surface area (Å²) in [5, 5.41) is 3.59. The monoisotopic (exact) mass is 189 g/mol. The van der Waals surface area contributed by atoms with E-state index >= 15 is 0 Å². The highest BCUT2D eigenvalue weighted by Crippen LogP contribution is 2.13. The van der Waals surface area contributed by atoms with Gasteiger partial charge in [0.05, 0.1) is 0 Å². The van der Waals surface area contributed by atoms with Crippen molar-refractivity contribution in [2.75, 3.05) is 6.54 Å². The molecule has 0 saturated carbocycles. The lowest BCUT2D eigenvalue weighted by Gasteiger charge is -2.23. The summed E-state index contributed by atoms with van der Waals surface area (Å²) in [5.41, 5.74) is 1.47. The molecule has 1 aromatic carbocycles. The number of benzene rings is 1. The van der Waals surface area contributed by atoms with Crippen LogP contribution in [0.15, 0.2) is 30.3 Å². The lowest BCUT2D eigenvalue weighted by atomic mass is 9.98. The van der Waals surface area contributed by atoms with Gasteiger partial charge in [-0.2, -0.15) is 0 Å². The molecule has 1 heteroatoms. The first kappa shape index (κ1) is 9.72. The summed E-state index contributed by atoms with van der Waals surface area (Å²) in [6.45, 7) is 1.22. The van der Waals surface area contributed by atoms with Gasteiger partial charge in [-0.3, -0.25) is 0 Å². The highest BCUT2D eigenvalue weighted by atomic mass is 14.9. The molecule has 1 nitrogen and oxygen atoms in total. The first-order chi connectivity index (χ1) is 6.95. The maximum Gasteiger partial charge on any atom is 0.00702 e. The molecule has 0 aromatic heterocycles. The highest BCUT2D eigenvalue weighted by molar-refractivity contribution is 5.14. The first-order valence-electron chi connectivity index (χ1n) is 5.72.